The van der Waals surface area contributed by atoms with E-state index in [0.29, 0.717) is 12.1 Å². The Hall–Kier alpha value is -0.240. The molecule has 0 N–H and O–H groups in total. The van der Waals surface area contributed by atoms with Crippen LogP contribution >= 0.6 is 11.6 Å². The van der Waals surface area contributed by atoms with Gasteiger partial charge in [-0.25, -0.2) is 0 Å². The minimum Gasteiger partial charge on any atom is -0.323 e. The number of halogens is 1. The van der Waals surface area contributed by atoms with Gasteiger partial charge in [-0.1, -0.05) is 0 Å². The molecule has 2 heterocycles. The predicted octanol–water partition coefficient (Wildman–Crippen LogP) is 1.97. The molecule has 0 atom stereocenters. The Morgan fingerprint density at radius 1 is 1.20 bits per heavy atom. The molecule has 0 aromatic rings. The smallest absolute Gasteiger partial charge is 0.316 e. The Labute approximate surface area is 65.1 Å². The van der Waals surface area contributed by atoms with Gasteiger partial charge in [0.15, 0.2) is 0 Å². The maximum Gasteiger partial charge on any atom is 0.316 e. The average Bonchev–Trinajstić information content (AvgIpc) is 2.43. The molecule has 0 spiro atoms. The lowest BCUT2D eigenvalue weighted by Gasteiger charge is -2.17. The molecule has 0 unspecified atom stereocenters. The summed E-state index contributed by atoms with van der Waals surface area (Å²) in [6.07, 6.45) is 4.68. The monoisotopic (exact) mass is 159 g/mol. The van der Waals surface area contributed by atoms with Crippen LogP contribution in [0.15, 0.2) is 0 Å². The van der Waals surface area contributed by atoms with Crippen LogP contribution in [0.3, 0.4) is 0 Å². The lowest BCUT2D eigenvalue weighted by molar-refractivity contribution is 0.216. The summed E-state index contributed by atoms with van der Waals surface area (Å²) in [5, 5.41) is -0.245. The molecule has 0 aromatic carbocycles. The van der Waals surface area contributed by atoms with Crippen LogP contribution in [0.25, 0.3) is 0 Å². The van der Waals surface area contributed by atoms with Crippen LogP contribution < -0.4 is 0 Å². The quantitative estimate of drug-likeness (QED) is 0.391. The second-order valence-corrected chi connectivity index (χ2v) is 3.45. The first kappa shape index (κ1) is 6.47. The Kier molecular flexibility index (Phi) is 1.37. The van der Waals surface area contributed by atoms with Crippen LogP contribution in [-0.2, 0) is 0 Å². The molecule has 2 nitrogen and oxygen atoms in total. The first-order valence-corrected chi connectivity index (χ1v) is 4.14. The van der Waals surface area contributed by atoms with Gasteiger partial charge in [0.1, 0.15) is 0 Å². The van der Waals surface area contributed by atoms with E-state index in [1.807, 2.05) is 4.90 Å². The molecule has 3 heteroatoms. The van der Waals surface area contributed by atoms with E-state index in [4.69, 9.17) is 11.6 Å². The SMILES string of the molecule is O=C(Cl)N1C2CCC1CC2. The van der Waals surface area contributed by atoms with Gasteiger partial charge in [-0.3, -0.25) is 4.79 Å². The van der Waals surface area contributed by atoms with Crippen LogP contribution in [0.5, 0.6) is 0 Å². The number of nitrogens with zero attached hydrogens (tertiary/aromatic N) is 1. The molecule has 2 aliphatic heterocycles. The normalized spacial score (nSPS) is 37.1. The fourth-order valence-corrected chi connectivity index (χ4v) is 2.48. The maximum absolute atomic E-state index is 10.8. The number of fused-ring (bicyclic) bond motifs is 2. The molecule has 2 aliphatic rings. The predicted molar refractivity (Wildman–Crippen MR) is 39.1 cm³/mol. The van der Waals surface area contributed by atoms with Gasteiger partial charge in [0.05, 0.1) is 0 Å². The second-order valence-electron chi connectivity index (χ2n) is 3.12. The van der Waals surface area contributed by atoms with Crippen molar-refractivity contribution in [2.45, 2.75) is 37.8 Å². The molecule has 0 aliphatic carbocycles. The van der Waals surface area contributed by atoms with E-state index < -0.39 is 0 Å². The van der Waals surface area contributed by atoms with Crippen molar-refractivity contribution in [3.8, 4) is 0 Å². The van der Waals surface area contributed by atoms with Crippen LogP contribution in [0.2, 0.25) is 0 Å². The van der Waals surface area contributed by atoms with E-state index in [1.54, 1.807) is 0 Å². The largest absolute Gasteiger partial charge is 0.323 e. The highest BCUT2D eigenvalue weighted by molar-refractivity contribution is 6.62. The van der Waals surface area contributed by atoms with Gasteiger partial charge in [0, 0.05) is 12.1 Å². The lowest BCUT2D eigenvalue weighted by Crippen LogP contribution is -2.30. The number of carbonyl (C=O) groups is 1. The number of hydrogen-bond donors (Lipinski definition) is 0. The van der Waals surface area contributed by atoms with Gasteiger partial charge >= 0.3 is 5.37 Å². The van der Waals surface area contributed by atoms with Gasteiger partial charge in [-0.05, 0) is 37.3 Å². The van der Waals surface area contributed by atoms with E-state index in [9.17, 15) is 4.79 Å². The fraction of sp³-hybridized carbons (Fsp3) is 0.857. The van der Waals surface area contributed by atoms with Crippen molar-refractivity contribution in [1.29, 1.82) is 0 Å². The third-order valence-corrected chi connectivity index (χ3v) is 2.85. The summed E-state index contributed by atoms with van der Waals surface area (Å²) in [5.41, 5.74) is 0. The van der Waals surface area contributed by atoms with Crippen molar-refractivity contribution < 1.29 is 4.79 Å². The van der Waals surface area contributed by atoms with Gasteiger partial charge in [-0.2, -0.15) is 0 Å². The van der Waals surface area contributed by atoms with Crippen molar-refractivity contribution in [3.63, 3.8) is 0 Å². The minimum absolute atomic E-state index is 0.245. The summed E-state index contributed by atoms with van der Waals surface area (Å²) in [5.74, 6) is 0. The molecule has 2 fully saturated rings. The summed E-state index contributed by atoms with van der Waals surface area (Å²) in [6.45, 7) is 0. The Bertz CT molecular complexity index is 151. The fourth-order valence-electron chi connectivity index (χ4n) is 2.20. The molecular weight excluding hydrogens is 150 g/mol. The van der Waals surface area contributed by atoms with Crippen LogP contribution in [-0.4, -0.2) is 22.3 Å². The van der Waals surface area contributed by atoms with Crippen LogP contribution in [0.1, 0.15) is 25.7 Å². The van der Waals surface area contributed by atoms with Crippen molar-refractivity contribution in [3.05, 3.63) is 0 Å². The van der Waals surface area contributed by atoms with E-state index in [-0.39, 0.29) is 5.37 Å². The minimum atomic E-state index is -0.245. The molecule has 10 heavy (non-hydrogen) atoms. The summed E-state index contributed by atoms with van der Waals surface area (Å²) in [7, 11) is 0. The maximum atomic E-state index is 10.8. The zero-order valence-corrected chi connectivity index (χ0v) is 6.47. The van der Waals surface area contributed by atoms with Gasteiger partial charge in [-0.15, -0.1) is 0 Å². The number of carbonyl (C=O) groups excluding carboxylic acids is 1. The first-order valence-electron chi connectivity index (χ1n) is 3.77. The number of hydrogen-bond acceptors (Lipinski definition) is 1. The summed E-state index contributed by atoms with van der Waals surface area (Å²) >= 11 is 5.40. The Balaban J connectivity index is 2.16. The molecule has 0 aromatic heterocycles. The van der Waals surface area contributed by atoms with Gasteiger partial charge in [0.2, 0.25) is 0 Å². The second kappa shape index (κ2) is 2.12. The van der Waals surface area contributed by atoms with Crippen molar-refractivity contribution in [2.24, 2.45) is 0 Å². The van der Waals surface area contributed by atoms with E-state index in [2.05, 4.69) is 0 Å². The molecule has 56 valence electrons. The van der Waals surface area contributed by atoms with Crippen LogP contribution in [0.4, 0.5) is 4.79 Å². The molecular formula is C7H10ClNO. The highest BCUT2D eigenvalue weighted by atomic mass is 35.5. The number of rotatable bonds is 0. The van der Waals surface area contributed by atoms with Gasteiger partial charge < -0.3 is 4.90 Å². The van der Waals surface area contributed by atoms with E-state index in [1.165, 1.54) is 25.7 Å². The van der Waals surface area contributed by atoms with Gasteiger partial charge in [0.25, 0.3) is 0 Å². The summed E-state index contributed by atoms with van der Waals surface area (Å²) in [6, 6.07) is 0.963. The van der Waals surface area contributed by atoms with Crippen LogP contribution in [0, 0.1) is 0 Å². The molecule has 2 bridgehead atoms. The van der Waals surface area contributed by atoms with E-state index in [0.717, 1.165) is 0 Å². The zero-order valence-electron chi connectivity index (χ0n) is 5.72. The standard InChI is InChI=1S/C7H10ClNO/c8-7(10)9-5-1-2-6(9)4-3-5/h5-6H,1-4H2. The van der Waals surface area contributed by atoms with Crippen molar-refractivity contribution >= 4 is 17.0 Å². The summed E-state index contributed by atoms with van der Waals surface area (Å²) < 4.78 is 0. The molecule has 2 saturated heterocycles. The average molecular weight is 160 g/mol. The first-order chi connectivity index (χ1) is 4.79. The van der Waals surface area contributed by atoms with E-state index >= 15 is 0 Å². The Morgan fingerprint density at radius 2 is 1.60 bits per heavy atom. The van der Waals surface area contributed by atoms with Crippen molar-refractivity contribution in [1.82, 2.24) is 4.90 Å². The third-order valence-electron chi connectivity index (χ3n) is 2.66. The highest BCUT2D eigenvalue weighted by Crippen LogP contribution is 2.37. The molecule has 0 saturated carbocycles. The topological polar surface area (TPSA) is 20.3 Å². The zero-order chi connectivity index (χ0) is 7.14. The molecule has 0 radical (unpaired) electrons. The Morgan fingerprint density at radius 3 is 1.80 bits per heavy atom. The molecule has 2 rings (SSSR count). The van der Waals surface area contributed by atoms with Crippen molar-refractivity contribution in [2.75, 3.05) is 0 Å². The lowest BCUT2D eigenvalue weighted by atomic mass is 10.0. The summed E-state index contributed by atoms with van der Waals surface area (Å²) in [4.78, 5) is 12.6. The number of amides is 1. The highest BCUT2D eigenvalue weighted by Gasteiger charge is 2.41. The molecule has 1 amide bonds. The third kappa shape index (κ3) is 0.749.